The number of amides is 1. The van der Waals surface area contributed by atoms with E-state index in [2.05, 4.69) is 28.3 Å². The Hall–Kier alpha value is -1.87. The van der Waals surface area contributed by atoms with Crippen molar-refractivity contribution in [2.75, 3.05) is 19.6 Å². The molecule has 3 rings (SSSR count). The molecule has 6 nitrogen and oxygen atoms in total. The molecule has 1 aliphatic carbocycles. The maximum Gasteiger partial charge on any atom is 0.255 e. The first-order chi connectivity index (χ1) is 12.1. The van der Waals surface area contributed by atoms with Gasteiger partial charge in [0.05, 0.1) is 24.4 Å². The largest absolute Gasteiger partial charge is 0.334 e. The van der Waals surface area contributed by atoms with Crippen molar-refractivity contribution in [3.05, 3.63) is 18.0 Å². The maximum atomic E-state index is 12.6. The van der Waals surface area contributed by atoms with Crippen LogP contribution in [0.3, 0.4) is 0 Å². The molecular formula is C19H29N5O. The van der Waals surface area contributed by atoms with Crippen molar-refractivity contribution in [3.8, 4) is 6.07 Å². The van der Waals surface area contributed by atoms with E-state index in [1.54, 1.807) is 12.4 Å². The van der Waals surface area contributed by atoms with Gasteiger partial charge in [-0.15, -0.1) is 0 Å². The van der Waals surface area contributed by atoms with E-state index in [-0.39, 0.29) is 5.91 Å². The molecule has 2 aliphatic rings. The Kier molecular flexibility index (Phi) is 5.74. The molecule has 1 aliphatic heterocycles. The number of likely N-dealkylation sites (tertiary alicyclic amines) is 1. The highest BCUT2D eigenvalue weighted by molar-refractivity contribution is 5.94. The van der Waals surface area contributed by atoms with Gasteiger partial charge in [0.2, 0.25) is 0 Å². The second-order valence-corrected chi connectivity index (χ2v) is 7.74. The highest BCUT2D eigenvalue weighted by Crippen LogP contribution is 2.32. The minimum absolute atomic E-state index is 0.181. The standard InChI is InChI=1S/C19H29N5O/c1-16-6-5-7-19(12-16,15-20)22-18(25)17-13-21-24(14-17)11-10-23-8-3-2-4-9-23/h13-14,16H,2-12H2,1H3,(H,22,25). The Balaban J connectivity index is 1.55. The van der Waals surface area contributed by atoms with Gasteiger partial charge in [-0.2, -0.15) is 10.4 Å². The molecule has 1 aromatic heterocycles. The summed E-state index contributed by atoms with van der Waals surface area (Å²) >= 11 is 0. The van der Waals surface area contributed by atoms with E-state index in [1.165, 1.54) is 19.3 Å². The summed E-state index contributed by atoms with van der Waals surface area (Å²) in [5.41, 5.74) is -0.170. The lowest BCUT2D eigenvalue weighted by molar-refractivity contribution is 0.0890. The summed E-state index contributed by atoms with van der Waals surface area (Å²) in [7, 11) is 0. The van der Waals surface area contributed by atoms with Crippen LogP contribution in [0.1, 0.15) is 62.2 Å². The number of rotatable bonds is 5. The van der Waals surface area contributed by atoms with Crippen molar-refractivity contribution in [1.29, 1.82) is 5.26 Å². The third kappa shape index (κ3) is 4.60. The summed E-state index contributed by atoms with van der Waals surface area (Å²) in [6.45, 7) is 6.25. The first kappa shape index (κ1) is 17.9. The van der Waals surface area contributed by atoms with Gasteiger partial charge in [0.15, 0.2) is 0 Å². The predicted octanol–water partition coefficient (Wildman–Crippen LogP) is 2.57. The number of carbonyl (C=O) groups is 1. The molecule has 25 heavy (non-hydrogen) atoms. The topological polar surface area (TPSA) is 74.0 Å². The number of hydrogen-bond donors (Lipinski definition) is 1. The Bertz CT molecular complexity index is 628. The molecule has 6 heteroatoms. The van der Waals surface area contributed by atoms with Gasteiger partial charge in [0.25, 0.3) is 5.91 Å². The molecule has 2 atom stereocenters. The number of nitrogens with one attached hydrogen (secondary N) is 1. The molecule has 0 aromatic carbocycles. The highest BCUT2D eigenvalue weighted by Gasteiger charge is 2.36. The fraction of sp³-hybridized carbons (Fsp3) is 0.737. The van der Waals surface area contributed by atoms with Gasteiger partial charge in [0.1, 0.15) is 5.54 Å². The van der Waals surface area contributed by atoms with Crippen LogP contribution in [0, 0.1) is 17.2 Å². The maximum absolute atomic E-state index is 12.6. The fourth-order valence-electron chi connectivity index (χ4n) is 4.11. The fourth-order valence-corrected chi connectivity index (χ4v) is 4.11. The second-order valence-electron chi connectivity index (χ2n) is 7.74. The van der Waals surface area contributed by atoms with Crippen LogP contribution in [0.4, 0.5) is 0 Å². The van der Waals surface area contributed by atoms with Gasteiger partial charge in [0, 0.05) is 12.7 Å². The molecule has 1 N–H and O–H groups in total. The third-order valence-electron chi connectivity index (χ3n) is 5.55. The third-order valence-corrected chi connectivity index (χ3v) is 5.55. The quantitative estimate of drug-likeness (QED) is 0.892. The van der Waals surface area contributed by atoms with E-state index in [0.29, 0.717) is 11.5 Å². The predicted molar refractivity (Wildman–Crippen MR) is 96.0 cm³/mol. The molecule has 1 saturated carbocycles. The van der Waals surface area contributed by atoms with Crippen molar-refractivity contribution >= 4 is 5.91 Å². The van der Waals surface area contributed by atoms with E-state index in [1.807, 2.05) is 4.68 Å². The number of aromatic nitrogens is 2. The summed E-state index contributed by atoms with van der Waals surface area (Å²) < 4.78 is 1.84. The Morgan fingerprint density at radius 3 is 2.88 bits per heavy atom. The van der Waals surface area contributed by atoms with Gasteiger partial charge >= 0.3 is 0 Å². The van der Waals surface area contributed by atoms with Crippen LogP contribution in [-0.2, 0) is 6.54 Å². The van der Waals surface area contributed by atoms with Gasteiger partial charge in [-0.25, -0.2) is 0 Å². The molecule has 2 unspecified atom stereocenters. The zero-order valence-corrected chi connectivity index (χ0v) is 15.2. The smallest absolute Gasteiger partial charge is 0.255 e. The second kappa shape index (κ2) is 8.01. The van der Waals surface area contributed by atoms with Crippen molar-refractivity contribution < 1.29 is 4.79 Å². The molecule has 136 valence electrons. The van der Waals surface area contributed by atoms with Crippen molar-refractivity contribution in [2.24, 2.45) is 5.92 Å². The van der Waals surface area contributed by atoms with Gasteiger partial charge in [-0.1, -0.05) is 19.8 Å². The molecule has 1 saturated heterocycles. The molecule has 1 amide bonds. The van der Waals surface area contributed by atoms with Gasteiger partial charge in [-0.3, -0.25) is 9.48 Å². The molecule has 0 radical (unpaired) electrons. The first-order valence-electron chi connectivity index (χ1n) is 9.59. The van der Waals surface area contributed by atoms with E-state index in [9.17, 15) is 10.1 Å². The van der Waals surface area contributed by atoms with Gasteiger partial charge < -0.3 is 10.2 Å². The van der Waals surface area contributed by atoms with Crippen LogP contribution >= 0.6 is 0 Å². The molecule has 0 bridgehead atoms. The Morgan fingerprint density at radius 1 is 1.36 bits per heavy atom. The minimum atomic E-state index is -0.718. The molecular weight excluding hydrogens is 314 g/mol. The lowest BCUT2D eigenvalue weighted by Gasteiger charge is -2.34. The summed E-state index contributed by atoms with van der Waals surface area (Å²) in [6, 6.07) is 2.36. The monoisotopic (exact) mass is 343 g/mol. The zero-order valence-electron chi connectivity index (χ0n) is 15.2. The normalized spacial score (nSPS) is 27.6. The SMILES string of the molecule is CC1CCCC(C#N)(NC(=O)c2cnn(CCN3CCCCC3)c2)C1. The first-order valence-corrected chi connectivity index (χ1v) is 9.59. The Morgan fingerprint density at radius 2 is 2.16 bits per heavy atom. The number of nitrogens with zero attached hydrogens (tertiary/aromatic N) is 4. The van der Waals surface area contributed by atoms with E-state index in [0.717, 1.165) is 51.9 Å². The van der Waals surface area contributed by atoms with E-state index >= 15 is 0 Å². The highest BCUT2D eigenvalue weighted by atomic mass is 16.1. The minimum Gasteiger partial charge on any atom is -0.334 e. The lowest BCUT2D eigenvalue weighted by atomic mass is 9.77. The number of nitriles is 1. The van der Waals surface area contributed by atoms with Crippen LogP contribution in [0.5, 0.6) is 0 Å². The van der Waals surface area contributed by atoms with E-state index < -0.39 is 5.54 Å². The summed E-state index contributed by atoms with van der Waals surface area (Å²) in [4.78, 5) is 15.0. The zero-order chi connectivity index (χ0) is 17.7. The van der Waals surface area contributed by atoms with Gasteiger partial charge in [-0.05, 0) is 51.1 Å². The van der Waals surface area contributed by atoms with Crippen molar-refractivity contribution in [2.45, 2.75) is 64.0 Å². The molecule has 2 fully saturated rings. The summed E-state index contributed by atoms with van der Waals surface area (Å²) in [5.74, 6) is 0.292. The number of piperidine rings is 1. The summed E-state index contributed by atoms with van der Waals surface area (Å²) in [6.07, 6.45) is 10.9. The lowest BCUT2D eigenvalue weighted by Crippen LogP contribution is -2.50. The van der Waals surface area contributed by atoms with Crippen molar-refractivity contribution in [1.82, 2.24) is 20.0 Å². The van der Waals surface area contributed by atoms with Crippen LogP contribution in [0.15, 0.2) is 12.4 Å². The average molecular weight is 343 g/mol. The summed E-state index contributed by atoms with van der Waals surface area (Å²) in [5, 5.41) is 16.9. The van der Waals surface area contributed by atoms with Crippen LogP contribution in [0.25, 0.3) is 0 Å². The number of hydrogen-bond acceptors (Lipinski definition) is 4. The van der Waals surface area contributed by atoms with Crippen molar-refractivity contribution in [3.63, 3.8) is 0 Å². The Labute approximate surface area is 150 Å². The molecule has 0 spiro atoms. The number of carbonyl (C=O) groups excluding carboxylic acids is 1. The average Bonchev–Trinajstić information content (AvgIpc) is 3.10. The molecule has 2 heterocycles. The van der Waals surface area contributed by atoms with Crippen LogP contribution in [0.2, 0.25) is 0 Å². The molecule has 1 aromatic rings. The van der Waals surface area contributed by atoms with Crippen LogP contribution in [-0.4, -0.2) is 45.8 Å². The van der Waals surface area contributed by atoms with E-state index in [4.69, 9.17) is 0 Å². The van der Waals surface area contributed by atoms with Crippen LogP contribution < -0.4 is 5.32 Å².